The summed E-state index contributed by atoms with van der Waals surface area (Å²) in [7, 11) is 1.74. The molecule has 0 bridgehead atoms. The number of morpholine rings is 1. The smallest absolute Gasteiger partial charge is 0.123 e. The molecule has 0 radical (unpaired) electrons. The Kier molecular flexibility index (Phi) is 6.30. The molecule has 1 aromatic rings. The van der Waals surface area contributed by atoms with Crippen LogP contribution in [-0.2, 0) is 17.8 Å². The lowest BCUT2D eigenvalue weighted by Crippen LogP contribution is -2.35. The van der Waals surface area contributed by atoms with E-state index in [1.165, 1.54) is 11.1 Å². The molecule has 0 aliphatic carbocycles. The summed E-state index contributed by atoms with van der Waals surface area (Å²) in [6.45, 7) is 8.82. The number of nitrogens with zero attached hydrogens (tertiary/aromatic N) is 1. The van der Waals surface area contributed by atoms with Crippen molar-refractivity contribution in [3.63, 3.8) is 0 Å². The van der Waals surface area contributed by atoms with Gasteiger partial charge in [-0.05, 0) is 30.7 Å². The summed E-state index contributed by atoms with van der Waals surface area (Å²) in [6, 6.07) is 6.51. The highest BCUT2D eigenvalue weighted by atomic mass is 16.5. The molecule has 1 aliphatic rings. The van der Waals surface area contributed by atoms with Crippen LogP contribution < -0.4 is 10.1 Å². The zero-order chi connectivity index (χ0) is 14.2. The number of ether oxygens (including phenoxy) is 2. The van der Waals surface area contributed by atoms with E-state index in [-0.39, 0.29) is 0 Å². The maximum absolute atomic E-state index is 5.45. The lowest BCUT2D eigenvalue weighted by Gasteiger charge is -2.26. The summed E-state index contributed by atoms with van der Waals surface area (Å²) in [6.07, 6.45) is 1.15. The van der Waals surface area contributed by atoms with Crippen molar-refractivity contribution in [2.45, 2.75) is 26.4 Å². The van der Waals surface area contributed by atoms with Gasteiger partial charge in [-0.25, -0.2) is 0 Å². The van der Waals surface area contributed by atoms with E-state index in [0.29, 0.717) is 0 Å². The van der Waals surface area contributed by atoms with E-state index in [1.807, 2.05) is 0 Å². The zero-order valence-electron chi connectivity index (χ0n) is 12.7. The van der Waals surface area contributed by atoms with E-state index in [1.54, 1.807) is 7.11 Å². The van der Waals surface area contributed by atoms with Crippen LogP contribution in [0.25, 0.3) is 0 Å². The second-order valence-electron chi connectivity index (χ2n) is 5.21. The van der Waals surface area contributed by atoms with E-state index < -0.39 is 0 Å². The lowest BCUT2D eigenvalue weighted by molar-refractivity contribution is 0.0342. The standard InChI is InChI=1S/C16H26N2O2/c1-3-6-17-12-15-11-14(4-5-16(15)19-2)13-18-7-9-20-10-8-18/h4-5,11,17H,3,6-10,12-13H2,1-2H3. The number of methoxy groups -OCH3 is 1. The quantitative estimate of drug-likeness (QED) is 0.774. The van der Waals surface area contributed by atoms with Crippen LogP contribution in [0.3, 0.4) is 0 Å². The SMILES string of the molecule is CCCNCc1cc(CN2CCOCC2)ccc1OC. The summed E-state index contributed by atoms with van der Waals surface area (Å²) in [5.74, 6) is 0.972. The summed E-state index contributed by atoms with van der Waals surface area (Å²) in [5.41, 5.74) is 2.59. The minimum atomic E-state index is 0.848. The molecule has 0 aromatic heterocycles. The van der Waals surface area contributed by atoms with Gasteiger partial charge in [-0.2, -0.15) is 0 Å². The fourth-order valence-electron chi connectivity index (χ4n) is 2.49. The molecule has 2 rings (SSSR count). The highest BCUT2D eigenvalue weighted by molar-refractivity contribution is 5.37. The Balaban J connectivity index is 1.99. The van der Waals surface area contributed by atoms with Gasteiger partial charge in [0, 0.05) is 31.7 Å². The van der Waals surface area contributed by atoms with Gasteiger partial charge in [0.15, 0.2) is 0 Å². The van der Waals surface area contributed by atoms with Gasteiger partial charge in [-0.1, -0.05) is 13.0 Å². The van der Waals surface area contributed by atoms with Crippen molar-refractivity contribution in [2.24, 2.45) is 0 Å². The van der Waals surface area contributed by atoms with Gasteiger partial charge in [0.2, 0.25) is 0 Å². The van der Waals surface area contributed by atoms with E-state index in [2.05, 4.69) is 35.3 Å². The molecule has 0 unspecified atom stereocenters. The minimum absolute atomic E-state index is 0.848. The topological polar surface area (TPSA) is 33.7 Å². The molecular weight excluding hydrogens is 252 g/mol. The fraction of sp³-hybridized carbons (Fsp3) is 0.625. The average Bonchev–Trinajstić information content (AvgIpc) is 2.49. The Bertz CT molecular complexity index is 403. The molecule has 1 fully saturated rings. The maximum Gasteiger partial charge on any atom is 0.123 e. The third-order valence-corrected chi connectivity index (χ3v) is 3.60. The van der Waals surface area contributed by atoms with Gasteiger partial charge in [-0.15, -0.1) is 0 Å². The van der Waals surface area contributed by atoms with E-state index in [9.17, 15) is 0 Å². The molecule has 4 nitrogen and oxygen atoms in total. The molecule has 0 spiro atoms. The molecular formula is C16H26N2O2. The van der Waals surface area contributed by atoms with Crippen molar-refractivity contribution >= 4 is 0 Å². The monoisotopic (exact) mass is 278 g/mol. The summed E-state index contributed by atoms with van der Waals surface area (Å²) in [5, 5.41) is 3.44. The highest BCUT2D eigenvalue weighted by Crippen LogP contribution is 2.21. The second-order valence-corrected chi connectivity index (χ2v) is 5.21. The third-order valence-electron chi connectivity index (χ3n) is 3.60. The van der Waals surface area contributed by atoms with Crippen LogP contribution in [0.5, 0.6) is 5.75 Å². The first kappa shape index (κ1) is 15.3. The van der Waals surface area contributed by atoms with Gasteiger partial charge in [0.1, 0.15) is 5.75 Å². The first-order valence-electron chi connectivity index (χ1n) is 7.50. The molecule has 20 heavy (non-hydrogen) atoms. The van der Waals surface area contributed by atoms with Crippen molar-refractivity contribution in [3.05, 3.63) is 29.3 Å². The predicted molar refractivity (Wildman–Crippen MR) is 81.1 cm³/mol. The van der Waals surface area contributed by atoms with Crippen LogP contribution in [0, 0.1) is 0 Å². The maximum atomic E-state index is 5.45. The predicted octanol–water partition coefficient (Wildman–Crippen LogP) is 2.03. The second kappa shape index (κ2) is 8.25. The molecule has 0 atom stereocenters. The van der Waals surface area contributed by atoms with Gasteiger partial charge in [-0.3, -0.25) is 4.90 Å². The molecule has 1 aliphatic heterocycles. The number of rotatable bonds is 7. The van der Waals surface area contributed by atoms with E-state index in [4.69, 9.17) is 9.47 Å². The van der Waals surface area contributed by atoms with Crippen LogP contribution >= 0.6 is 0 Å². The minimum Gasteiger partial charge on any atom is -0.496 e. The zero-order valence-corrected chi connectivity index (χ0v) is 12.7. The molecule has 112 valence electrons. The number of benzene rings is 1. The van der Waals surface area contributed by atoms with Gasteiger partial charge in [0.25, 0.3) is 0 Å². The average molecular weight is 278 g/mol. The first-order chi connectivity index (χ1) is 9.83. The lowest BCUT2D eigenvalue weighted by atomic mass is 10.1. The van der Waals surface area contributed by atoms with Crippen LogP contribution in [0.2, 0.25) is 0 Å². The van der Waals surface area contributed by atoms with Crippen molar-refractivity contribution in [2.75, 3.05) is 40.0 Å². The largest absolute Gasteiger partial charge is 0.496 e. The first-order valence-corrected chi connectivity index (χ1v) is 7.50. The van der Waals surface area contributed by atoms with Crippen molar-refractivity contribution < 1.29 is 9.47 Å². The highest BCUT2D eigenvalue weighted by Gasteiger charge is 2.12. The van der Waals surface area contributed by atoms with Crippen LogP contribution in [-0.4, -0.2) is 44.9 Å². The van der Waals surface area contributed by atoms with E-state index in [0.717, 1.165) is 58.1 Å². The normalized spacial score (nSPS) is 16.3. The van der Waals surface area contributed by atoms with Crippen molar-refractivity contribution in [3.8, 4) is 5.75 Å². The molecule has 1 N–H and O–H groups in total. The van der Waals surface area contributed by atoms with Gasteiger partial charge in [0.05, 0.1) is 20.3 Å². The Morgan fingerprint density at radius 3 is 2.80 bits per heavy atom. The molecule has 0 saturated carbocycles. The Morgan fingerprint density at radius 2 is 2.10 bits per heavy atom. The number of nitrogens with one attached hydrogen (secondary N) is 1. The van der Waals surface area contributed by atoms with Crippen molar-refractivity contribution in [1.82, 2.24) is 10.2 Å². The fourth-order valence-corrected chi connectivity index (χ4v) is 2.49. The summed E-state index contributed by atoms with van der Waals surface area (Å²) >= 11 is 0. The van der Waals surface area contributed by atoms with Gasteiger partial charge >= 0.3 is 0 Å². The summed E-state index contributed by atoms with van der Waals surface area (Å²) in [4.78, 5) is 2.44. The summed E-state index contributed by atoms with van der Waals surface area (Å²) < 4.78 is 10.8. The molecule has 1 heterocycles. The van der Waals surface area contributed by atoms with Crippen molar-refractivity contribution in [1.29, 1.82) is 0 Å². The molecule has 0 amide bonds. The Labute approximate surface area is 122 Å². The molecule has 4 heteroatoms. The van der Waals surface area contributed by atoms with E-state index >= 15 is 0 Å². The molecule has 1 aromatic carbocycles. The molecule has 1 saturated heterocycles. The number of hydrogen-bond acceptors (Lipinski definition) is 4. The van der Waals surface area contributed by atoms with Crippen LogP contribution in [0.15, 0.2) is 18.2 Å². The Morgan fingerprint density at radius 1 is 1.30 bits per heavy atom. The number of hydrogen-bond donors (Lipinski definition) is 1. The van der Waals surface area contributed by atoms with Crippen LogP contribution in [0.4, 0.5) is 0 Å². The Hall–Kier alpha value is -1.10. The van der Waals surface area contributed by atoms with Crippen LogP contribution in [0.1, 0.15) is 24.5 Å². The third kappa shape index (κ3) is 4.47. The van der Waals surface area contributed by atoms with Gasteiger partial charge < -0.3 is 14.8 Å².